The van der Waals surface area contributed by atoms with Gasteiger partial charge in [-0.1, -0.05) is 26.8 Å². The van der Waals surface area contributed by atoms with Crippen molar-refractivity contribution in [3.05, 3.63) is 58.8 Å². The number of rotatable bonds is 4. The van der Waals surface area contributed by atoms with E-state index in [1.807, 2.05) is 12.1 Å². The molecule has 0 bridgehead atoms. The van der Waals surface area contributed by atoms with Gasteiger partial charge in [-0.2, -0.15) is 0 Å². The summed E-state index contributed by atoms with van der Waals surface area (Å²) in [5.74, 6) is -0.430. The maximum atomic E-state index is 13.8. The van der Waals surface area contributed by atoms with Crippen molar-refractivity contribution in [3.8, 4) is 5.88 Å². The Balaban J connectivity index is 2.17. The molecule has 0 spiro atoms. The molecule has 0 aliphatic heterocycles. The zero-order valence-corrected chi connectivity index (χ0v) is 13.4. The summed E-state index contributed by atoms with van der Waals surface area (Å²) in [6.07, 6.45) is 2.43. The molecule has 0 saturated carbocycles. The normalized spacial score (nSPS) is 11.5. The largest absolute Gasteiger partial charge is 0.472 e. The Labute approximate surface area is 130 Å². The number of benzene rings is 1. The van der Waals surface area contributed by atoms with Gasteiger partial charge in [0.2, 0.25) is 5.88 Å². The highest BCUT2D eigenvalue weighted by molar-refractivity contribution is 5.28. The van der Waals surface area contributed by atoms with Gasteiger partial charge in [0.15, 0.2) is 0 Å². The first-order valence-electron chi connectivity index (χ1n) is 7.27. The molecule has 0 aliphatic rings. The molecule has 0 unspecified atom stereocenters. The molecule has 0 aliphatic carbocycles. The number of aromatic nitrogens is 1. The Bertz CT molecular complexity index is 663. The quantitative estimate of drug-likeness (QED) is 0.806. The summed E-state index contributed by atoms with van der Waals surface area (Å²) in [6.45, 7) is 7.86. The van der Waals surface area contributed by atoms with Gasteiger partial charge in [-0.05, 0) is 42.5 Å². The number of hydrogen-bond acceptors (Lipinski definition) is 2. The van der Waals surface area contributed by atoms with Gasteiger partial charge < -0.3 is 4.74 Å². The van der Waals surface area contributed by atoms with E-state index in [0.717, 1.165) is 12.0 Å². The number of aryl methyl sites for hydroxylation is 1. The number of hydrogen-bond donors (Lipinski definition) is 0. The predicted octanol–water partition coefficient (Wildman–Crippen LogP) is 4.84. The van der Waals surface area contributed by atoms with E-state index in [9.17, 15) is 8.78 Å². The molecule has 0 saturated heterocycles. The molecule has 0 atom stereocenters. The lowest BCUT2D eigenvalue weighted by atomic mass is 9.88. The Morgan fingerprint density at radius 1 is 1.09 bits per heavy atom. The summed E-state index contributed by atoms with van der Waals surface area (Å²) in [5, 5.41) is 0. The van der Waals surface area contributed by atoms with Crippen LogP contribution in [0.5, 0.6) is 5.88 Å². The SMILES string of the molecule is Cc1cc(F)c(COc2ncccc2CC(C)(C)C)cc1F. The molecule has 4 heteroatoms. The first kappa shape index (κ1) is 16.4. The fourth-order valence-corrected chi connectivity index (χ4v) is 2.20. The number of ether oxygens (including phenoxy) is 1. The molecule has 2 nitrogen and oxygen atoms in total. The second-order valence-electron chi connectivity index (χ2n) is 6.69. The van der Waals surface area contributed by atoms with Gasteiger partial charge in [-0.3, -0.25) is 0 Å². The maximum absolute atomic E-state index is 13.8. The van der Waals surface area contributed by atoms with Gasteiger partial charge in [0.1, 0.15) is 18.2 Å². The summed E-state index contributed by atoms with van der Waals surface area (Å²) < 4.78 is 33.0. The van der Waals surface area contributed by atoms with Crippen LogP contribution in [0.25, 0.3) is 0 Å². The minimum atomic E-state index is -0.466. The van der Waals surface area contributed by atoms with Crippen molar-refractivity contribution in [1.82, 2.24) is 4.98 Å². The van der Waals surface area contributed by atoms with Crippen LogP contribution in [-0.2, 0) is 13.0 Å². The van der Waals surface area contributed by atoms with Gasteiger partial charge in [-0.25, -0.2) is 13.8 Å². The van der Waals surface area contributed by atoms with Crippen LogP contribution in [0.2, 0.25) is 0 Å². The fraction of sp³-hybridized carbons (Fsp3) is 0.389. The van der Waals surface area contributed by atoms with Crippen LogP contribution in [0.3, 0.4) is 0 Å². The average molecular weight is 305 g/mol. The summed E-state index contributed by atoms with van der Waals surface area (Å²) in [7, 11) is 0. The van der Waals surface area contributed by atoms with Gasteiger partial charge in [-0.15, -0.1) is 0 Å². The number of nitrogens with zero attached hydrogens (tertiary/aromatic N) is 1. The molecule has 2 rings (SSSR count). The van der Waals surface area contributed by atoms with Crippen molar-refractivity contribution in [1.29, 1.82) is 0 Å². The molecule has 0 radical (unpaired) electrons. The lowest BCUT2D eigenvalue weighted by molar-refractivity contribution is 0.279. The molecular formula is C18H21F2NO. The molecule has 22 heavy (non-hydrogen) atoms. The lowest BCUT2D eigenvalue weighted by Crippen LogP contribution is -2.11. The van der Waals surface area contributed by atoms with Crippen molar-refractivity contribution in [2.45, 2.75) is 40.7 Å². The molecule has 0 amide bonds. The third-order valence-corrected chi connectivity index (χ3v) is 3.26. The maximum Gasteiger partial charge on any atom is 0.216 e. The summed E-state index contributed by atoms with van der Waals surface area (Å²) >= 11 is 0. The van der Waals surface area contributed by atoms with Gasteiger partial charge in [0, 0.05) is 17.3 Å². The van der Waals surface area contributed by atoms with Crippen molar-refractivity contribution in [2.24, 2.45) is 5.41 Å². The number of halogens is 2. The monoisotopic (exact) mass is 305 g/mol. The zero-order valence-electron chi connectivity index (χ0n) is 13.4. The molecule has 0 N–H and O–H groups in total. The third kappa shape index (κ3) is 4.26. The van der Waals surface area contributed by atoms with Crippen LogP contribution in [0, 0.1) is 24.0 Å². The van der Waals surface area contributed by atoms with E-state index >= 15 is 0 Å². The van der Waals surface area contributed by atoms with E-state index in [1.54, 1.807) is 6.20 Å². The van der Waals surface area contributed by atoms with Crippen LogP contribution in [0.1, 0.15) is 37.5 Å². The second-order valence-corrected chi connectivity index (χ2v) is 6.69. The van der Waals surface area contributed by atoms with Crippen molar-refractivity contribution in [2.75, 3.05) is 0 Å². The first-order valence-corrected chi connectivity index (χ1v) is 7.27. The van der Waals surface area contributed by atoms with Crippen LogP contribution >= 0.6 is 0 Å². The highest BCUT2D eigenvalue weighted by atomic mass is 19.1. The van der Waals surface area contributed by atoms with Crippen LogP contribution in [-0.4, -0.2) is 4.98 Å². The Morgan fingerprint density at radius 2 is 1.82 bits per heavy atom. The van der Waals surface area contributed by atoms with E-state index in [1.165, 1.54) is 19.1 Å². The van der Waals surface area contributed by atoms with E-state index in [4.69, 9.17) is 4.74 Å². The predicted molar refractivity (Wildman–Crippen MR) is 82.8 cm³/mol. The Hall–Kier alpha value is -1.97. The second kappa shape index (κ2) is 6.42. The molecule has 2 aromatic rings. The lowest BCUT2D eigenvalue weighted by Gasteiger charge is -2.19. The van der Waals surface area contributed by atoms with Crippen molar-refractivity contribution in [3.63, 3.8) is 0 Å². The molecule has 0 fully saturated rings. The smallest absolute Gasteiger partial charge is 0.216 e. The van der Waals surface area contributed by atoms with Gasteiger partial charge in [0.25, 0.3) is 0 Å². The summed E-state index contributed by atoms with van der Waals surface area (Å²) in [4.78, 5) is 4.21. The zero-order chi connectivity index (χ0) is 16.3. The molecule has 118 valence electrons. The Kier molecular flexibility index (Phi) is 4.79. The van der Waals surface area contributed by atoms with E-state index in [-0.39, 0.29) is 23.1 Å². The fourth-order valence-electron chi connectivity index (χ4n) is 2.20. The van der Waals surface area contributed by atoms with Crippen LogP contribution in [0.4, 0.5) is 8.78 Å². The van der Waals surface area contributed by atoms with E-state index in [2.05, 4.69) is 25.8 Å². The van der Waals surface area contributed by atoms with Crippen LogP contribution in [0.15, 0.2) is 30.5 Å². The molecule has 1 aromatic carbocycles. The minimum absolute atomic E-state index is 0.0445. The molecule has 1 aromatic heterocycles. The third-order valence-electron chi connectivity index (χ3n) is 3.26. The standard InChI is InChI=1S/C18H21F2NO/c1-12-8-16(20)14(9-15(12)19)11-22-17-13(6-5-7-21-17)10-18(2,3)4/h5-9H,10-11H2,1-4H3. The minimum Gasteiger partial charge on any atom is -0.472 e. The average Bonchev–Trinajstić information content (AvgIpc) is 2.41. The van der Waals surface area contributed by atoms with Gasteiger partial charge >= 0.3 is 0 Å². The van der Waals surface area contributed by atoms with E-state index in [0.29, 0.717) is 5.88 Å². The van der Waals surface area contributed by atoms with Crippen LogP contribution < -0.4 is 4.74 Å². The highest BCUT2D eigenvalue weighted by Crippen LogP contribution is 2.26. The first-order chi connectivity index (χ1) is 10.3. The summed E-state index contributed by atoms with van der Waals surface area (Å²) in [5.41, 5.74) is 1.52. The molecular weight excluding hydrogens is 284 g/mol. The van der Waals surface area contributed by atoms with Crippen molar-refractivity contribution < 1.29 is 13.5 Å². The summed E-state index contributed by atoms with van der Waals surface area (Å²) in [6, 6.07) is 6.15. The van der Waals surface area contributed by atoms with Gasteiger partial charge in [0.05, 0.1) is 0 Å². The highest BCUT2D eigenvalue weighted by Gasteiger charge is 2.16. The van der Waals surface area contributed by atoms with E-state index < -0.39 is 11.6 Å². The topological polar surface area (TPSA) is 22.1 Å². The number of pyridine rings is 1. The van der Waals surface area contributed by atoms with Crippen molar-refractivity contribution >= 4 is 0 Å². The molecule has 1 heterocycles. The Morgan fingerprint density at radius 3 is 2.50 bits per heavy atom.